The van der Waals surface area contributed by atoms with E-state index in [4.69, 9.17) is 19.9 Å². The monoisotopic (exact) mass is 1300 g/mol. The van der Waals surface area contributed by atoms with Crippen LogP contribution in [0.1, 0.15) is 89.0 Å². The Labute approximate surface area is 583 Å². The minimum Gasteiger partial charge on any atom is -0.309 e. The number of para-hydroxylation sites is 4. The van der Waals surface area contributed by atoms with E-state index in [1.807, 2.05) is 24.8 Å². The summed E-state index contributed by atoms with van der Waals surface area (Å²) >= 11 is 0. The first kappa shape index (κ1) is 63.0. The van der Waals surface area contributed by atoms with E-state index < -0.39 is 0 Å². The topological polar surface area (TPSA) is 116 Å². The van der Waals surface area contributed by atoms with E-state index in [1.54, 1.807) is 25.3 Å². The number of aryl methyl sites for hydroxylation is 16. The highest BCUT2D eigenvalue weighted by atomic mass is 15.2. The minimum absolute atomic E-state index is 0.898. The lowest BCUT2D eigenvalue weighted by Crippen LogP contribution is -2.20. The van der Waals surface area contributed by atoms with Gasteiger partial charge in [-0.05, 0) is 236 Å². The second-order valence-corrected chi connectivity index (χ2v) is 27.7. The average Bonchev–Trinajstić information content (AvgIpc) is 0.693. The molecule has 12 aromatic carbocycles. The van der Waals surface area contributed by atoms with Crippen molar-refractivity contribution in [2.45, 2.75) is 111 Å². The maximum atomic E-state index is 4.89. The zero-order chi connectivity index (χ0) is 69.4. The van der Waals surface area contributed by atoms with Crippen LogP contribution in [0, 0.1) is 111 Å². The Morgan fingerprint density at radius 1 is 0.210 bits per heavy atom. The van der Waals surface area contributed by atoms with Crippen LogP contribution < -0.4 is 19.6 Å². The summed E-state index contributed by atoms with van der Waals surface area (Å²) < 4.78 is 0. The zero-order valence-corrected chi connectivity index (χ0v) is 59.7. The van der Waals surface area contributed by atoms with Crippen LogP contribution in [0.2, 0.25) is 0 Å². The molecule has 16 rings (SSSR count). The van der Waals surface area contributed by atoms with Crippen LogP contribution in [-0.2, 0) is 0 Å². The number of fused-ring (bicyclic) bond motifs is 4. The van der Waals surface area contributed by atoms with E-state index >= 15 is 0 Å². The summed E-state index contributed by atoms with van der Waals surface area (Å²) in [7, 11) is 0. The van der Waals surface area contributed by atoms with E-state index in [9.17, 15) is 0 Å². The predicted octanol–water partition coefficient (Wildman–Crippen LogP) is 23.2. The zero-order valence-electron chi connectivity index (χ0n) is 59.7. The number of aromatic nitrogens is 8. The summed E-state index contributed by atoms with van der Waals surface area (Å²) in [5.74, 6) is 0. The first-order valence-electron chi connectivity index (χ1n) is 34.3. The Hall–Kier alpha value is -11.8. The van der Waals surface area contributed by atoms with Crippen LogP contribution in [0.5, 0.6) is 0 Å². The lowest BCUT2D eigenvalue weighted by Gasteiger charge is -2.38. The normalized spacial score (nSPS) is 11.8. The van der Waals surface area contributed by atoms with Crippen LogP contribution >= 0.6 is 0 Å². The molecule has 0 fully saturated rings. The molecule has 0 aliphatic rings. The largest absolute Gasteiger partial charge is 0.309 e. The van der Waals surface area contributed by atoms with Gasteiger partial charge in [-0.15, -0.1) is 0 Å². The molecule has 0 aliphatic heterocycles. The highest BCUT2D eigenvalue weighted by Crippen LogP contribution is 2.59. The summed E-state index contributed by atoms with van der Waals surface area (Å²) in [4.78, 5) is 48.6. The first-order valence-corrected chi connectivity index (χ1v) is 34.3. The van der Waals surface area contributed by atoms with Crippen LogP contribution in [0.3, 0.4) is 0 Å². The van der Waals surface area contributed by atoms with Crippen molar-refractivity contribution in [3.05, 3.63) is 273 Å². The molecule has 490 valence electrons. The van der Waals surface area contributed by atoms with Crippen molar-refractivity contribution in [2.75, 3.05) is 19.6 Å². The van der Waals surface area contributed by atoms with Crippen LogP contribution in [0.25, 0.3) is 75.9 Å². The van der Waals surface area contributed by atoms with Gasteiger partial charge in [0.1, 0.15) is 25.3 Å². The molecule has 0 N–H and O–H groups in total. The number of benzene rings is 12. The van der Waals surface area contributed by atoms with E-state index in [-0.39, 0.29) is 0 Å². The molecule has 0 unspecified atom stereocenters. The number of rotatable bonds is 12. The molecule has 16 aromatic rings. The Balaban J connectivity index is 1.18. The third-order valence-corrected chi connectivity index (χ3v) is 21.2. The molecular weight excluding hydrogens is 1230 g/mol. The van der Waals surface area contributed by atoms with Gasteiger partial charge in [-0.3, -0.25) is 0 Å². The van der Waals surface area contributed by atoms with Crippen molar-refractivity contribution < 1.29 is 0 Å². The van der Waals surface area contributed by atoms with Gasteiger partial charge >= 0.3 is 0 Å². The number of nitrogens with zero attached hydrogens (tertiary/aromatic N) is 12. The fraction of sp³-hybridized carbons (Fsp3) is 0.182. The molecule has 0 saturated heterocycles. The molecule has 12 nitrogen and oxygen atoms in total. The summed E-state index contributed by atoms with van der Waals surface area (Å²) in [6.45, 7) is 35.9. The van der Waals surface area contributed by atoms with E-state index in [0.29, 0.717) is 0 Å². The summed E-state index contributed by atoms with van der Waals surface area (Å²) in [5.41, 5.74) is 34.1. The van der Waals surface area contributed by atoms with Crippen LogP contribution in [-0.4, -0.2) is 39.9 Å². The van der Waals surface area contributed by atoms with E-state index in [1.165, 1.54) is 0 Å². The quantitative estimate of drug-likeness (QED) is 0.108. The van der Waals surface area contributed by atoms with Crippen LogP contribution in [0.15, 0.2) is 184 Å². The van der Waals surface area contributed by atoms with Gasteiger partial charge in [-0.25, -0.2) is 39.9 Å². The molecule has 0 saturated carbocycles. The number of anilines is 12. The third-order valence-electron chi connectivity index (χ3n) is 21.2. The fourth-order valence-electron chi connectivity index (χ4n) is 16.8. The van der Waals surface area contributed by atoms with Crippen molar-refractivity contribution in [2.24, 2.45) is 0 Å². The molecule has 12 heteroatoms. The van der Waals surface area contributed by atoms with Crippen molar-refractivity contribution in [3.8, 4) is 0 Å². The molecule has 0 atom stereocenters. The average molecular weight is 1300 g/mol. The predicted molar refractivity (Wildman–Crippen MR) is 417 cm³/mol. The Morgan fingerprint density at radius 3 is 0.610 bits per heavy atom. The lowest BCUT2D eigenvalue weighted by atomic mass is 9.87. The van der Waals surface area contributed by atoms with Crippen molar-refractivity contribution in [1.82, 2.24) is 39.9 Å². The van der Waals surface area contributed by atoms with Crippen molar-refractivity contribution in [1.29, 1.82) is 0 Å². The van der Waals surface area contributed by atoms with E-state index in [0.717, 1.165) is 233 Å². The van der Waals surface area contributed by atoms with Crippen molar-refractivity contribution in [3.63, 3.8) is 0 Å². The summed E-state index contributed by atoms with van der Waals surface area (Å²) in [6.07, 6.45) is 14.5. The molecule has 0 amide bonds. The van der Waals surface area contributed by atoms with Gasteiger partial charge in [0.05, 0.1) is 90.3 Å². The van der Waals surface area contributed by atoms with Gasteiger partial charge in [0.25, 0.3) is 0 Å². The Bertz CT molecular complexity index is 5300. The van der Waals surface area contributed by atoms with Gasteiger partial charge in [-0.2, -0.15) is 0 Å². The summed E-state index contributed by atoms with van der Waals surface area (Å²) in [6, 6.07) is 50.4. The molecule has 0 aliphatic carbocycles. The fourth-order valence-corrected chi connectivity index (χ4v) is 16.8. The summed E-state index contributed by atoms with van der Waals surface area (Å²) in [5, 5.41) is 10.5. The minimum atomic E-state index is 0.898. The second-order valence-electron chi connectivity index (χ2n) is 27.7. The first-order chi connectivity index (χ1) is 48.3. The van der Waals surface area contributed by atoms with Gasteiger partial charge in [-0.1, -0.05) is 97.1 Å². The van der Waals surface area contributed by atoms with Crippen LogP contribution in [0.4, 0.5) is 68.2 Å². The molecule has 100 heavy (non-hydrogen) atoms. The second kappa shape index (κ2) is 24.1. The molecule has 0 bridgehead atoms. The van der Waals surface area contributed by atoms with Crippen molar-refractivity contribution >= 4 is 144 Å². The standard InChI is InChI=1S/C88H78N12/c1-47-21-17-22-48(2)81(47)97(85-55(9)33-71-67(59(85)13)39-89-43-93-71)75-37-76(98(82-49(3)23-18-24-50(82)4)86-56(10)34-72-68(60(86)14)40-90-44-94-72)64-31-32-66-78(100(84-53(7)27-20-28-54(84)8)88-58(12)36-74-70(62(88)16)42-92-46-96-74)38-77(65-30-29-63(75)79(64)80(65)66)99(83-51(5)25-19-26-52(83)6)87-57(11)35-73-69(61(87)15)41-91-45-95-73/h17-46H,1-16H3. The SMILES string of the molecule is Cc1cccc(C)c1N(c1c(C)cc2ncncc2c1C)c1cc(N(c2c(C)cccc2C)c2c(C)cc3ncncc3c2C)c2ccc3c(N(c4c(C)cccc4C)c4c(C)cc5ncncc5c4C)cc(N(c4c(C)cccc4C)c4c(C)cc5ncncc5c4C)c4ccc1c2c43. The maximum absolute atomic E-state index is 4.89. The van der Waals surface area contributed by atoms with Gasteiger partial charge in [0.2, 0.25) is 0 Å². The smallest absolute Gasteiger partial charge is 0.116 e. The van der Waals surface area contributed by atoms with Gasteiger partial charge < -0.3 is 19.6 Å². The third kappa shape index (κ3) is 9.69. The number of hydrogen-bond donors (Lipinski definition) is 0. The lowest BCUT2D eigenvalue weighted by molar-refractivity contribution is 1.16. The molecule has 4 aromatic heterocycles. The highest BCUT2D eigenvalue weighted by Gasteiger charge is 2.35. The maximum Gasteiger partial charge on any atom is 0.116 e. The van der Waals surface area contributed by atoms with Gasteiger partial charge in [0.15, 0.2) is 0 Å². The Kier molecular flexibility index (Phi) is 15.2. The Morgan fingerprint density at radius 2 is 0.410 bits per heavy atom. The molecule has 0 radical (unpaired) electrons. The molecular formula is C88H78N12. The highest BCUT2D eigenvalue weighted by molar-refractivity contribution is 6.33. The number of hydrogen-bond acceptors (Lipinski definition) is 12. The van der Waals surface area contributed by atoms with E-state index in [2.05, 4.69) is 284 Å². The van der Waals surface area contributed by atoms with Gasteiger partial charge in [0, 0.05) is 78.6 Å². The molecule has 0 spiro atoms. The molecule has 4 heterocycles.